The molecule has 20 heavy (non-hydrogen) atoms. The summed E-state index contributed by atoms with van der Waals surface area (Å²) in [5.41, 5.74) is 0.226. The molecule has 0 heterocycles. The van der Waals surface area contributed by atoms with Crippen molar-refractivity contribution in [3.05, 3.63) is 0 Å². The molecule has 0 aromatic rings. The van der Waals surface area contributed by atoms with Gasteiger partial charge in [-0.3, -0.25) is 0 Å². The molecule has 0 aromatic heterocycles. The van der Waals surface area contributed by atoms with Crippen molar-refractivity contribution in [1.82, 2.24) is 5.32 Å². The Morgan fingerprint density at radius 2 is 1.95 bits per heavy atom. The van der Waals surface area contributed by atoms with Gasteiger partial charge in [-0.15, -0.1) is 0 Å². The number of rotatable bonds is 12. The van der Waals surface area contributed by atoms with Crippen LogP contribution in [0.25, 0.3) is 0 Å². The quantitative estimate of drug-likeness (QED) is 0.521. The zero-order valence-electron chi connectivity index (χ0n) is 14.3. The van der Waals surface area contributed by atoms with Crippen molar-refractivity contribution in [2.75, 3.05) is 19.7 Å². The molecule has 1 atom stereocenters. The Labute approximate surface area is 127 Å². The highest BCUT2D eigenvalue weighted by molar-refractivity contribution is 4.90. The van der Waals surface area contributed by atoms with Gasteiger partial charge in [-0.2, -0.15) is 0 Å². The van der Waals surface area contributed by atoms with Gasteiger partial charge >= 0.3 is 0 Å². The fraction of sp³-hybridized carbons (Fsp3) is 1.00. The van der Waals surface area contributed by atoms with Crippen molar-refractivity contribution >= 4 is 0 Å². The molecule has 0 saturated heterocycles. The van der Waals surface area contributed by atoms with Crippen LogP contribution in [-0.2, 0) is 4.74 Å². The standard InChI is InChI=1S/C18H37NO/c1-5-7-9-17(6-2)15-20-18(10-8-11-18)12-13-19-14-16(3)4/h16-17,19H,5-15H2,1-4H3. The molecular weight excluding hydrogens is 246 g/mol. The predicted octanol–water partition coefficient (Wildman–Crippen LogP) is 4.78. The molecule has 2 heteroatoms. The van der Waals surface area contributed by atoms with E-state index in [-0.39, 0.29) is 5.60 Å². The van der Waals surface area contributed by atoms with Gasteiger partial charge in [0.25, 0.3) is 0 Å². The normalized spacial score (nSPS) is 19.1. The third-order valence-corrected chi connectivity index (χ3v) is 4.74. The third kappa shape index (κ3) is 6.58. The summed E-state index contributed by atoms with van der Waals surface area (Å²) in [4.78, 5) is 0. The first kappa shape index (κ1) is 18.0. The van der Waals surface area contributed by atoms with Crippen molar-refractivity contribution < 1.29 is 4.74 Å². The average Bonchev–Trinajstić information content (AvgIpc) is 2.39. The van der Waals surface area contributed by atoms with Crippen molar-refractivity contribution in [2.24, 2.45) is 11.8 Å². The molecule has 0 bridgehead atoms. The van der Waals surface area contributed by atoms with Crippen molar-refractivity contribution in [3.63, 3.8) is 0 Å². The van der Waals surface area contributed by atoms with Gasteiger partial charge in [-0.1, -0.05) is 47.0 Å². The highest BCUT2D eigenvalue weighted by Gasteiger charge is 2.37. The fourth-order valence-corrected chi connectivity index (χ4v) is 2.94. The zero-order chi connectivity index (χ0) is 14.8. The molecular formula is C18H37NO. The maximum atomic E-state index is 6.38. The number of hydrogen-bond donors (Lipinski definition) is 1. The summed E-state index contributed by atoms with van der Waals surface area (Å²) in [6, 6.07) is 0. The molecule has 0 radical (unpaired) electrons. The van der Waals surface area contributed by atoms with E-state index in [9.17, 15) is 0 Å². The Morgan fingerprint density at radius 1 is 1.20 bits per heavy atom. The Bertz CT molecular complexity index is 236. The summed E-state index contributed by atoms with van der Waals surface area (Å²) in [7, 11) is 0. The van der Waals surface area contributed by atoms with Gasteiger partial charge < -0.3 is 10.1 Å². The summed E-state index contributed by atoms with van der Waals surface area (Å²) in [5.74, 6) is 1.52. The van der Waals surface area contributed by atoms with E-state index in [0.29, 0.717) is 0 Å². The van der Waals surface area contributed by atoms with E-state index in [1.165, 1.54) is 51.4 Å². The summed E-state index contributed by atoms with van der Waals surface area (Å²) < 4.78 is 6.38. The molecule has 1 unspecified atom stereocenters. The van der Waals surface area contributed by atoms with E-state index in [0.717, 1.165) is 31.5 Å². The zero-order valence-corrected chi connectivity index (χ0v) is 14.3. The monoisotopic (exact) mass is 283 g/mol. The predicted molar refractivity (Wildman–Crippen MR) is 88.2 cm³/mol. The Hall–Kier alpha value is -0.0800. The summed E-state index contributed by atoms with van der Waals surface area (Å²) in [5, 5.41) is 3.56. The van der Waals surface area contributed by atoms with Crippen LogP contribution in [0.1, 0.15) is 79.1 Å². The van der Waals surface area contributed by atoms with Gasteiger partial charge in [-0.05, 0) is 57.0 Å². The first-order chi connectivity index (χ1) is 9.62. The van der Waals surface area contributed by atoms with Crippen LogP contribution in [0.5, 0.6) is 0 Å². The number of ether oxygens (including phenoxy) is 1. The second kappa shape index (κ2) is 9.78. The molecule has 1 saturated carbocycles. The Kier molecular flexibility index (Phi) is 8.79. The highest BCUT2D eigenvalue weighted by Crippen LogP contribution is 2.39. The molecule has 0 spiro atoms. The van der Waals surface area contributed by atoms with E-state index >= 15 is 0 Å². The lowest BCUT2D eigenvalue weighted by molar-refractivity contribution is -0.116. The van der Waals surface area contributed by atoms with Gasteiger partial charge in [-0.25, -0.2) is 0 Å². The van der Waals surface area contributed by atoms with Crippen LogP contribution < -0.4 is 5.32 Å². The van der Waals surface area contributed by atoms with Gasteiger partial charge in [0.15, 0.2) is 0 Å². The maximum absolute atomic E-state index is 6.38. The Balaban J connectivity index is 2.22. The lowest BCUT2D eigenvalue weighted by atomic mass is 9.77. The minimum absolute atomic E-state index is 0.226. The van der Waals surface area contributed by atoms with Crippen molar-refractivity contribution in [2.45, 2.75) is 84.7 Å². The first-order valence-electron chi connectivity index (χ1n) is 8.96. The summed E-state index contributed by atoms with van der Waals surface area (Å²) in [6.07, 6.45) is 10.4. The minimum Gasteiger partial charge on any atom is -0.375 e. The van der Waals surface area contributed by atoms with Crippen LogP contribution in [0, 0.1) is 11.8 Å². The molecule has 1 N–H and O–H groups in total. The van der Waals surface area contributed by atoms with Crippen molar-refractivity contribution in [3.8, 4) is 0 Å². The molecule has 0 amide bonds. The van der Waals surface area contributed by atoms with E-state index in [2.05, 4.69) is 33.0 Å². The highest BCUT2D eigenvalue weighted by atomic mass is 16.5. The van der Waals surface area contributed by atoms with Crippen LogP contribution in [0.3, 0.4) is 0 Å². The van der Waals surface area contributed by atoms with Crippen LogP contribution in [0.15, 0.2) is 0 Å². The summed E-state index contributed by atoms with van der Waals surface area (Å²) in [6.45, 7) is 12.3. The lowest BCUT2D eigenvalue weighted by Gasteiger charge is -2.43. The molecule has 2 nitrogen and oxygen atoms in total. The molecule has 1 rings (SSSR count). The van der Waals surface area contributed by atoms with Gasteiger partial charge in [0.05, 0.1) is 12.2 Å². The Morgan fingerprint density at radius 3 is 2.45 bits per heavy atom. The number of hydrogen-bond acceptors (Lipinski definition) is 2. The minimum atomic E-state index is 0.226. The van der Waals surface area contributed by atoms with E-state index in [1.54, 1.807) is 0 Å². The van der Waals surface area contributed by atoms with E-state index in [4.69, 9.17) is 4.74 Å². The largest absolute Gasteiger partial charge is 0.375 e. The van der Waals surface area contributed by atoms with Gasteiger partial charge in [0.2, 0.25) is 0 Å². The fourth-order valence-electron chi connectivity index (χ4n) is 2.94. The topological polar surface area (TPSA) is 21.3 Å². The molecule has 120 valence electrons. The van der Waals surface area contributed by atoms with Crippen LogP contribution in [0.4, 0.5) is 0 Å². The second-order valence-corrected chi connectivity index (χ2v) is 7.11. The van der Waals surface area contributed by atoms with E-state index in [1.807, 2.05) is 0 Å². The molecule has 1 aliphatic carbocycles. The number of nitrogens with one attached hydrogen (secondary N) is 1. The molecule has 0 aromatic carbocycles. The van der Waals surface area contributed by atoms with Crippen molar-refractivity contribution in [1.29, 1.82) is 0 Å². The average molecular weight is 284 g/mol. The second-order valence-electron chi connectivity index (χ2n) is 7.11. The molecule has 0 aliphatic heterocycles. The van der Waals surface area contributed by atoms with Gasteiger partial charge in [0.1, 0.15) is 0 Å². The van der Waals surface area contributed by atoms with Crippen LogP contribution in [0.2, 0.25) is 0 Å². The lowest BCUT2D eigenvalue weighted by Crippen LogP contribution is -2.44. The first-order valence-corrected chi connectivity index (χ1v) is 8.96. The van der Waals surface area contributed by atoms with Crippen LogP contribution in [-0.4, -0.2) is 25.3 Å². The van der Waals surface area contributed by atoms with Crippen LogP contribution >= 0.6 is 0 Å². The van der Waals surface area contributed by atoms with Gasteiger partial charge in [0, 0.05) is 0 Å². The molecule has 1 aliphatic rings. The summed E-state index contributed by atoms with van der Waals surface area (Å²) >= 11 is 0. The third-order valence-electron chi connectivity index (χ3n) is 4.74. The number of unbranched alkanes of at least 4 members (excludes halogenated alkanes) is 1. The SMILES string of the molecule is CCCCC(CC)COC1(CCNCC(C)C)CCC1. The smallest absolute Gasteiger partial charge is 0.0694 e. The maximum Gasteiger partial charge on any atom is 0.0694 e. The molecule has 1 fully saturated rings. The van der Waals surface area contributed by atoms with E-state index < -0.39 is 0 Å².